The molecule has 0 fully saturated rings. The molecule has 3 rings (SSSR count). The Bertz CT molecular complexity index is 856. The Morgan fingerprint density at radius 1 is 1.08 bits per heavy atom. The molecule has 2 amide bonds. The van der Waals surface area contributed by atoms with Gasteiger partial charge in [0.25, 0.3) is 17.5 Å². The molecule has 24 heavy (non-hydrogen) atoms. The zero-order valence-corrected chi connectivity index (χ0v) is 13.1. The summed E-state index contributed by atoms with van der Waals surface area (Å²) < 4.78 is 13.6. The number of carbonyl (C=O) groups is 2. The Morgan fingerprint density at radius 2 is 1.83 bits per heavy atom. The van der Waals surface area contributed by atoms with Crippen LogP contribution >= 0.6 is 11.8 Å². The van der Waals surface area contributed by atoms with Gasteiger partial charge in [-0.3, -0.25) is 24.6 Å². The van der Waals surface area contributed by atoms with Crippen LogP contribution in [-0.2, 0) is 0 Å². The second kappa shape index (κ2) is 6.40. The quantitative estimate of drug-likeness (QED) is 0.360. The van der Waals surface area contributed by atoms with Crippen molar-refractivity contribution in [3.63, 3.8) is 0 Å². The third-order valence-electron chi connectivity index (χ3n) is 3.58. The van der Waals surface area contributed by atoms with E-state index >= 15 is 0 Å². The van der Waals surface area contributed by atoms with Gasteiger partial charge < -0.3 is 0 Å². The molecule has 0 bridgehead atoms. The molecule has 2 aromatic carbocycles. The van der Waals surface area contributed by atoms with Crippen LogP contribution in [0, 0.1) is 15.9 Å². The molecule has 0 aromatic heterocycles. The van der Waals surface area contributed by atoms with E-state index in [0.717, 1.165) is 4.90 Å². The van der Waals surface area contributed by atoms with Crippen molar-refractivity contribution in [1.82, 2.24) is 4.90 Å². The Balaban J connectivity index is 1.76. The molecule has 1 aliphatic rings. The van der Waals surface area contributed by atoms with E-state index in [2.05, 4.69) is 0 Å². The van der Waals surface area contributed by atoms with Crippen molar-refractivity contribution < 1.29 is 18.9 Å². The number of fused-ring (bicyclic) bond motifs is 1. The number of amides is 2. The maximum Gasteiger partial charge on any atom is 0.282 e. The average Bonchev–Trinajstić information content (AvgIpc) is 2.81. The van der Waals surface area contributed by atoms with Gasteiger partial charge in [-0.15, -0.1) is 11.8 Å². The Labute approximate surface area is 140 Å². The summed E-state index contributed by atoms with van der Waals surface area (Å²) >= 11 is 1.17. The number of nitro benzene ring substituents is 1. The van der Waals surface area contributed by atoms with Crippen LogP contribution in [0.5, 0.6) is 0 Å². The summed E-state index contributed by atoms with van der Waals surface area (Å²) in [6.07, 6.45) is 0. The number of rotatable bonds is 5. The lowest BCUT2D eigenvalue weighted by molar-refractivity contribution is -0.385. The first-order chi connectivity index (χ1) is 11.5. The largest absolute Gasteiger partial charge is 0.282 e. The Morgan fingerprint density at radius 3 is 2.54 bits per heavy atom. The molecule has 1 heterocycles. The van der Waals surface area contributed by atoms with E-state index < -0.39 is 16.7 Å². The minimum Gasteiger partial charge on any atom is -0.273 e. The van der Waals surface area contributed by atoms with Crippen molar-refractivity contribution >= 4 is 29.3 Å². The maximum atomic E-state index is 13.6. The molecule has 1 aliphatic heterocycles. The first-order valence-corrected chi connectivity index (χ1v) is 8.00. The van der Waals surface area contributed by atoms with Gasteiger partial charge in [-0.1, -0.05) is 18.2 Å². The van der Waals surface area contributed by atoms with Crippen molar-refractivity contribution in [1.29, 1.82) is 0 Å². The second-order valence-corrected chi connectivity index (χ2v) is 6.13. The van der Waals surface area contributed by atoms with E-state index in [1.54, 1.807) is 18.2 Å². The molecular formula is C16H11FN2O4S. The fourth-order valence-corrected chi connectivity index (χ4v) is 3.35. The van der Waals surface area contributed by atoms with Gasteiger partial charge in [0, 0.05) is 23.3 Å². The van der Waals surface area contributed by atoms with Gasteiger partial charge in [-0.25, -0.2) is 4.39 Å². The molecule has 0 atom stereocenters. The molecule has 8 heteroatoms. The van der Waals surface area contributed by atoms with Crippen molar-refractivity contribution in [2.24, 2.45) is 0 Å². The SMILES string of the molecule is O=C1c2cccc([N+](=O)[O-])c2C(=O)N1CCSc1ccccc1F. The number of benzene rings is 2. The van der Waals surface area contributed by atoms with Crippen molar-refractivity contribution in [3.8, 4) is 0 Å². The lowest BCUT2D eigenvalue weighted by Crippen LogP contribution is -2.32. The van der Waals surface area contributed by atoms with Crippen LogP contribution < -0.4 is 0 Å². The van der Waals surface area contributed by atoms with Crippen LogP contribution in [0.2, 0.25) is 0 Å². The maximum absolute atomic E-state index is 13.6. The van der Waals surface area contributed by atoms with Gasteiger partial charge in [0.15, 0.2) is 0 Å². The zero-order valence-electron chi connectivity index (χ0n) is 12.3. The number of hydrogen-bond acceptors (Lipinski definition) is 5. The molecule has 0 aliphatic carbocycles. The zero-order chi connectivity index (χ0) is 17.3. The minimum atomic E-state index is -0.684. The van der Waals surface area contributed by atoms with Gasteiger partial charge in [-0.2, -0.15) is 0 Å². The molecule has 0 N–H and O–H groups in total. The molecule has 0 unspecified atom stereocenters. The van der Waals surface area contributed by atoms with Gasteiger partial charge in [-0.05, 0) is 18.2 Å². The smallest absolute Gasteiger partial charge is 0.273 e. The molecule has 122 valence electrons. The number of thioether (sulfide) groups is 1. The second-order valence-electron chi connectivity index (χ2n) is 5.00. The fourth-order valence-electron chi connectivity index (χ4n) is 2.48. The highest BCUT2D eigenvalue weighted by Crippen LogP contribution is 2.31. The molecular weight excluding hydrogens is 335 g/mol. The van der Waals surface area contributed by atoms with Gasteiger partial charge in [0.05, 0.1) is 10.5 Å². The van der Waals surface area contributed by atoms with Crippen LogP contribution in [0.25, 0.3) is 0 Å². The fraction of sp³-hybridized carbons (Fsp3) is 0.125. The summed E-state index contributed by atoms with van der Waals surface area (Å²) in [6.45, 7) is 0.0441. The van der Waals surface area contributed by atoms with E-state index in [-0.39, 0.29) is 29.2 Å². The summed E-state index contributed by atoms with van der Waals surface area (Å²) in [4.78, 5) is 36.4. The lowest BCUT2D eigenvalue weighted by Gasteiger charge is -2.13. The van der Waals surface area contributed by atoms with Crippen molar-refractivity contribution in [2.75, 3.05) is 12.3 Å². The van der Waals surface area contributed by atoms with Gasteiger partial charge >= 0.3 is 0 Å². The van der Waals surface area contributed by atoms with E-state index in [4.69, 9.17) is 0 Å². The van der Waals surface area contributed by atoms with E-state index in [0.29, 0.717) is 10.6 Å². The average molecular weight is 346 g/mol. The summed E-state index contributed by atoms with van der Waals surface area (Å²) in [5, 5.41) is 11.0. The highest BCUT2D eigenvalue weighted by atomic mass is 32.2. The van der Waals surface area contributed by atoms with Gasteiger partial charge in [0.2, 0.25) is 0 Å². The molecule has 0 saturated heterocycles. The topological polar surface area (TPSA) is 80.5 Å². The third-order valence-corrected chi connectivity index (χ3v) is 4.61. The number of nitrogens with zero attached hydrogens (tertiary/aromatic N) is 2. The summed E-state index contributed by atoms with van der Waals surface area (Å²) in [5.41, 5.74) is -0.524. The Hall–Kier alpha value is -2.74. The number of imide groups is 1. The first kappa shape index (κ1) is 16.1. The van der Waals surface area contributed by atoms with Crippen molar-refractivity contribution in [2.45, 2.75) is 4.90 Å². The molecule has 2 aromatic rings. The van der Waals surface area contributed by atoms with Crippen LogP contribution in [0.3, 0.4) is 0 Å². The van der Waals surface area contributed by atoms with Crippen LogP contribution in [0.1, 0.15) is 20.7 Å². The van der Waals surface area contributed by atoms with Crippen LogP contribution in [0.15, 0.2) is 47.4 Å². The predicted molar refractivity (Wildman–Crippen MR) is 85.6 cm³/mol. The third kappa shape index (κ3) is 2.76. The highest BCUT2D eigenvalue weighted by Gasteiger charge is 2.40. The standard InChI is InChI=1S/C16H11FN2O4S/c17-11-5-1-2-7-13(11)24-9-8-18-15(20)10-4-3-6-12(19(22)23)14(10)16(18)21/h1-7H,8-9H2. The number of halogens is 1. The number of hydrogen-bond donors (Lipinski definition) is 0. The summed E-state index contributed by atoms with van der Waals surface area (Å²) in [5.74, 6) is -1.33. The summed E-state index contributed by atoms with van der Waals surface area (Å²) in [6, 6.07) is 10.2. The lowest BCUT2D eigenvalue weighted by atomic mass is 10.1. The van der Waals surface area contributed by atoms with Crippen LogP contribution in [0.4, 0.5) is 10.1 Å². The van der Waals surface area contributed by atoms with Crippen molar-refractivity contribution in [3.05, 3.63) is 69.5 Å². The number of nitro groups is 1. The minimum absolute atomic E-state index is 0.0325. The van der Waals surface area contributed by atoms with E-state index in [1.165, 1.54) is 36.0 Å². The monoisotopic (exact) mass is 346 g/mol. The van der Waals surface area contributed by atoms with Crippen LogP contribution in [-0.4, -0.2) is 33.9 Å². The predicted octanol–water partition coefficient (Wildman–Crippen LogP) is 3.12. The first-order valence-electron chi connectivity index (χ1n) is 7.01. The van der Waals surface area contributed by atoms with E-state index in [9.17, 15) is 24.1 Å². The molecule has 0 saturated carbocycles. The summed E-state index contributed by atoms with van der Waals surface area (Å²) in [7, 11) is 0. The number of carbonyl (C=O) groups excluding carboxylic acids is 2. The van der Waals surface area contributed by atoms with E-state index in [1.807, 2.05) is 0 Å². The van der Waals surface area contributed by atoms with Gasteiger partial charge in [0.1, 0.15) is 11.4 Å². The molecule has 0 radical (unpaired) electrons. The molecule has 6 nitrogen and oxygen atoms in total. The normalized spacial score (nSPS) is 13.3. The Kier molecular flexibility index (Phi) is 4.30. The highest BCUT2D eigenvalue weighted by molar-refractivity contribution is 7.99. The molecule has 0 spiro atoms.